The van der Waals surface area contributed by atoms with Crippen LogP contribution in [0.25, 0.3) is 10.2 Å². The summed E-state index contributed by atoms with van der Waals surface area (Å²) in [5.41, 5.74) is 4.39. The van der Waals surface area contributed by atoms with Gasteiger partial charge in [0.15, 0.2) is 5.13 Å². The Bertz CT molecular complexity index is 1900. The molecule has 0 spiro atoms. The van der Waals surface area contributed by atoms with Crippen LogP contribution in [0.3, 0.4) is 0 Å². The maximum absolute atomic E-state index is 14.0. The number of fused-ring (bicyclic) bond motifs is 1. The first kappa shape index (κ1) is 43.3. The van der Waals surface area contributed by atoms with E-state index in [1.165, 1.54) is 0 Å². The summed E-state index contributed by atoms with van der Waals surface area (Å²) >= 11 is 1.64. The third-order valence-electron chi connectivity index (χ3n) is 10.1. The van der Waals surface area contributed by atoms with Gasteiger partial charge in [-0.1, -0.05) is 11.3 Å². The van der Waals surface area contributed by atoms with E-state index in [2.05, 4.69) is 50.8 Å². The second-order valence-corrected chi connectivity index (χ2v) is 17.6. The smallest absolute Gasteiger partial charge is 0.340 e. The molecule has 6 rings (SSSR count). The van der Waals surface area contributed by atoms with E-state index < -0.39 is 0 Å². The number of anilines is 2. The van der Waals surface area contributed by atoms with Gasteiger partial charge < -0.3 is 44.1 Å². The number of esters is 1. The Morgan fingerprint density at radius 1 is 0.655 bits per heavy atom. The SMILES string of the molecule is CCOC(=O)c1cc2sc(N(Cc3cc(OC(C)C)cc(OC(C)C)c3)C3CCNCC3)nc2cc1N(Cc1cc(OC(C)C)cc(OC(C)C)c1)C1CCNCC1. The van der Waals surface area contributed by atoms with Gasteiger partial charge in [0, 0.05) is 37.3 Å². The number of benzene rings is 3. The van der Waals surface area contributed by atoms with Crippen molar-refractivity contribution < 1.29 is 28.5 Å². The highest BCUT2D eigenvalue weighted by molar-refractivity contribution is 7.22. The first-order valence-corrected chi connectivity index (χ1v) is 22.2. The average Bonchev–Trinajstić information content (AvgIpc) is 3.58. The van der Waals surface area contributed by atoms with E-state index in [1.807, 2.05) is 80.5 Å². The number of carbonyl (C=O) groups is 1. The number of aromatic nitrogens is 1. The lowest BCUT2D eigenvalue weighted by atomic mass is 10.0. The fourth-order valence-corrected chi connectivity index (χ4v) is 8.94. The Morgan fingerprint density at radius 3 is 1.52 bits per heavy atom. The molecule has 3 aromatic carbocycles. The van der Waals surface area contributed by atoms with Gasteiger partial charge in [0.05, 0.1) is 52.5 Å². The molecule has 0 bridgehead atoms. The number of nitrogens with zero attached hydrogens (tertiary/aromatic N) is 3. The zero-order valence-corrected chi connectivity index (χ0v) is 36.9. The topological polar surface area (TPSA) is 107 Å². The van der Waals surface area contributed by atoms with E-state index in [-0.39, 0.29) is 49.1 Å². The minimum Gasteiger partial charge on any atom is -0.491 e. The first-order valence-electron chi connectivity index (χ1n) is 21.4. The van der Waals surface area contributed by atoms with Gasteiger partial charge in [0.25, 0.3) is 0 Å². The van der Waals surface area contributed by atoms with E-state index in [0.29, 0.717) is 18.7 Å². The molecule has 0 atom stereocenters. The minimum atomic E-state index is -0.330. The normalized spacial score (nSPS) is 15.4. The van der Waals surface area contributed by atoms with Gasteiger partial charge in [-0.25, -0.2) is 9.78 Å². The Kier molecular flexibility index (Phi) is 15.0. The molecule has 3 heterocycles. The molecule has 12 heteroatoms. The van der Waals surface area contributed by atoms with Gasteiger partial charge in [-0.05, 0) is 162 Å². The van der Waals surface area contributed by atoms with Crippen LogP contribution in [0.4, 0.5) is 10.8 Å². The van der Waals surface area contributed by atoms with E-state index >= 15 is 0 Å². The second kappa shape index (κ2) is 20.1. The summed E-state index contributed by atoms with van der Waals surface area (Å²) in [6.07, 6.45) is 3.96. The lowest BCUT2D eigenvalue weighted by molar-refractivity contribution is 0.0527. The fourth-order valence-electron chi connectivity index (χ4n) is 7.88. The summed E-state index contributed by atoms with van der Waals surface area (Å²) in [5.74, 6) is 2.79. The van der Waals surface area contributed by atoms with E-state index in [9.17, 15) is 4.79 Å². The number of carbonyl (C=O) groups excluding carboxylic acids is 1. The highest BCUT2D eigenvalue weighted by atomic mass is 32.1. The number of rotatable bonds is 18. The molecule has 0 radical (unpaired) electrons. The van der Waals surface area contributed by atoms with Crippen LogP contribution in [0, 0.1) is 0 Å². The van der Waals surface area contributed by atoms with Crippen LogP contribution >= 0.6 is 11.3 Å². The van der Waals surface area contributed by atoms with Crippen molar-refractivity contribution in [2.75, 3.05) is 42.6 Å². The van der Waals surface area contributed by atoms with Crippen LogP contribution in [0.5, 0.6) is 23.0 Å². The summed E-state index contributed by atoms with van der Waals surface area (Å²) < 4.78 is 31.5. The Hall–Kier alpha value is -4.26. The van der Waals surface area contributed by atoms with Gasteiger partial charge in [-0.2, -0.15) is 0 Å². The van der Waals surface area contributed by atoms with Gasteiger partial charge in [0.2, 0.25) is 0 Å². The van der Waals surface area contributed by atoms with Gasteiger partial charge in [-0.3, -0.25) is 0 Å². The van der Waals surface area contributed by atoms with Crippen molar-refractivity contribution in [3.05, 3.63) is 65.2 Å². The number of hydrogen-bond donors (Lipinski definition) is 2. The quantitative estimate of drug-likeness (QED) is 0.0940. The molecule has 1 aromatic heterocycles. The van der Waals surface area contributed by atoms with Crippen LogP contribution in [-0.2, 0) is 17.8 Å². The van der Waals surface area contributed by atoms with Crippen molar-refractivity contribution in [3.8, 4) is 23.0 Å². The predicted molar refractivity (Wildman–Crippen MR) is 236 cm³/mol. The number of piperidine rings is 2. The molecule has 2 N–H and O–H groups in total. The molecule has 0 unspecified atom stereocenters. The number of hydrogen-bond acceptors (Lipinski definition) is 12. The van der Waals surface area contributed by atoms with Crippen LogP contribution < -0.4 is 39.4 Å². The van der Waals surface area contributed by atoms with Crippen molar-refractivity contribution in [3.63, 3.8) is 0 Å². The van der Waals surface area contributed by atoms with Crippen LogP contribution in [-0.4, -0.2) is 80.2 Å². The molecule has 0 aliphatic carbocycles. The molecule has 0 amide bonds. The Balaban J connectivity index is 1.45. The van der Waals surface area contributed by atoms with Crippen molar-refractivity contribution >= 4 is 38.3 Å². The first-order chi connectivity index (χ1) is 27.8. The molecular weight excluding hydrogens is 751 g/mol. The van der Waals surface area contributed by atoms with Crippen molar-refractivity contribution in [1.29, 1.82) is 0 Å². The molecular formula is C46H65N5O6S. The summed E-state index contributed by atoms with van der Waals surface area (Å²) in [4.78, 5) is 24.2. The maximum Gasteiger partial charge on any atom is 0.340 e. The highest BCUT2D eigenvalue weighted by Gasteiger charge is 2.30. The minimum absolute atomic E-state index is 0.0107. The monoisotopic (exact) mass is 815 g/mol. The summed E-state index contributed by atoms with van der Waals surface area (Å²) in [6.45, 7) is 23.3. The van der Waals surface area contributed by atoms with Crippen LogP contribution in [0.2, 0.25) is 0 Å². The zero-order valence-electron chi connectivity index (χ0n) is 36.1. The van der Waals surface area contributed by atoms with Crippen molar-refractivity contribution in [2.24, 2.45) is 0 Å². The maximum atomic E-state index is 14.0. The molecule has 11 nitrogen and oxygen atoms in total. The Labute approximate surface area is 349 Å². The molecule has 2 aliphatic heterocycles. The molecule has 2 aliphatic rings. The largest absolute Gasteiger partial charge is 0.491 e. The number of ether oxygens (including phenoxy) is 5. The lowest BCUT2D eigenvalue weighted by Gasteiger charge is -2.37. The van der Waals surface area contributed by atoms with Crippen molar-refractivity contribution in [1.82, 2.24) is 15.6 Å². The molecule has 0 saturated carbocycles. The third-order valence-corrected chi connectivity index (χ3v) is 11.2. The van der Waals surface area contributed by atoms with Crippen LogP contribution in [0.1, 0.15) is 109 Å². The van der Waals surface area contributed by atoms with Gasteiger partial charge >= 0.3 is 5.97 Å². The molecule has 58 heavy (non-hydrogen) atoms. The summed E-state index contributed by atoms with van der Waals surface area (Å²) in [5, 5.41) is 8.00. The van der Waals surface area contributed by atoms with Gasteiger partial charge in [0.1, 0.15) is 23.0 Å². The second-order valence-electron chi connectivity index (χ2n) is 16.6. The standard InChI is InChI=1S/C46H65N5O6S/c1-10-53-45(52)41-25-44-42(26-43(41)50(35-11-15-47-16-12-35)27-33-19-37(54-29(2)3)23-38(20-33)55-30(4)5)49-46(58-44)51(36-13-17-48-18-14-36)28-34-21-39(56-31(6)7)24-40(22-34)57-32(8)9/h19-26,29-32,35-36,47-48H,10-18,27-28H2,1-9H3. The molecule has 4 aromatic rings. The van der Waals surface area contributed by atoms with Gasteiger partial charge in [-0.15, -0.1) is 0 Å². The van der Waals surface area contributed by atoms with E-state index in [4.69, 9.17) is 28.7 Å². The fraction of sp³-hybridized carbons (Fsp3) is 0.565. The van der Waals surface area contributed by atoms with Crippen molar-refractivity contribution in [2.45, 2.75) is 138 Å². The summed E-state index contributed by atoms with van der Waals surface area (Å²) in [7, 11) is 0. The van der Waals surface area contributed by atoms with Crippen LogP contribution in [0.15, 0.2) is 48.5 Å². The molecule has 316 valence electrons. The third kappa shape index (κ3) is 11.7. The van der Waals surface area contributed by atoms with E-state index in [0.717, 1.165) is 107 Å². The molecule has 2 saturated heterocycles. The van der Waals surface area contributed by atoms with E-state index in [1.54, 1.807) is 11.3 Å². The number of nitrogens with one attached hydrogen (secondary N) is 2. The Morgan fingerprint density at radius 2 is 1.09 bits per heavy atom. The summed E-state index contributed by atoms with van der Waals surface area (Å²) in [6, 6.07) is 17.0. The lowest BCUT2D eigenvalue weighted by Crippen LogP contribution is -2.43. The number of thiazole rings is 1. The highest BCUT2D eigenvalue weighted by Crippen LogP contribution is 2.39. The molecule has 2 fully saturated rings. The average molecular weight is 816 g/mol. The zero-order chi connectivity index (χ0) is 41.3. The predicted octanol–water partition coefficient (Wildman–Crippen LogP) is 9.14.